The van der Waals surface area contributed by atoms with Crippen molar-refractivity contribution in [3.63, 3.8) is 0 Å². The Balaban J connectivity index is 0.000000427. The van der Waals surface area contributed by atoms with Gasteiger partial charge in [0.2, 0.25) is 0 Å². The quantitative estimate of drug-likeness (QED) is 0.0291. The molecule has 0 fully saturated rings. The van der Waals surface area contributed by atoms with Crippen LogP contribution in [0.2, 0.25) is 0 Å². The standard InChI is InChI=1S/2C25H36O5S.Ca/c2*1-2-3-4-5-6-7-8-9-10-11-12-15-21-20-22(18-19-25(21)31(27,28)29)30-24-17-14-13-16-23(24)26;/h2*13-14,16-20,26H,2-12,15H2,1H3,(H,27,28,29);/q;;+2/p-2. The van der Waals surface area contributed by atoms with E-state index in [0.717, 1.165) is 38.5 Å². The van der Waals surface area contributed by atoms with Crippen molar-refractivity contribution in [2.24, 2.45) is 0 Å². The smallest absolute Gasteiger partial charge is 0.870 e. The molecule has 0 aliphatic rings. The molecule has 0 atom stereocenters. The van der Waals surface area contributed by atoms with Crippen LogP contribution in [0.5, 0.6) is 34.5 Å². The van der Waals surface area contributed by atoms with Crippen molar-refractivity contribution in [1.29, 1.82) is 0 Å². The van der Waals surface area contributed by atoms with Crippen LogP contribution in [0.15, 0.2) is 94.7 Å². The van der Waals surface area contributed by atoms with Crippen molar-refractivity contribution in [3.05, 3.63) is 96.1 Å². The number of phenols is 1. The van der Waals surface area contributed by atoms with E-state index >= 15 is 0 Å². The van der Waals surface area contributed by atoms with E-state index in [1.807, 2.05) is 0 Å². The van der Waals surface area contributed by atoms with Crippen molar-refractivity contribution in [1.82, 2.24) is 0 Å². The summed E-state index contributed by atoms with van der Waals surface area (Å²) in [4.78, 5) is -0.286. The molecule has 4 aromatic rings. The number of ether oxygens (including phenoxy) is 2. The predicted octanol–water partition coefficient (Wildman–Crippen LogP) is 13.2. The van der Waals surface area contributed by atoms with Crippen LogP contribution in [-0.2, 0) is 33.1 Å². The monoisotopic (exact) mass is 934 g/mol. The SMILES string of the molecule is CCCCCCCCCCCCCc1cc(Oc2ccccc2O)ccc1S(=O)(=O)O.CCCCCCCCCCCCCc1cc(Oc2ccccc2[O-])ccc1S(=O)(=O)[O-].[Ca+2]. The average molecular weight is 935 g/mol. The van der Waals surface area contributed by atoms with Crippen LogP contribution >= 0.6 is 0 Å². The number of rotatable bonds is 30. The summed E-state index contributed by atoms with van der Waals surface area (Å²) in [7, 11) is -8.86. The molecule has 0 aliphatic carbocycles. The summed E-state index contributed by atoms with van der Waals surface area (Å²) in [6, 6.07) is 21.6. The molecular formula is C50H70CaO10S2. The number of para-hydroxylation sites is 4. The summed E-state index contributed by atoms with van der Waals surface area (Å²) in [5.74, 6) is 0.993. The zero-order chi connectivity index (χ0) is 45.1. The zero-order valence-corrected chi connectivity index (χ0v) is 41.6. The van der Waals surface area contributed by atoms with E-state index in [-0.39, 0.29) is 64.8 Å². The van der Waals surface area contributed by atoms with Gasteiger partial charge in [0.25, 0.3) is 10.1 Å². The van der Waals surface area contributed by atoms with Crippen LogP contribution < -0.4 is 14.6 Å². The normalized spacial score (nSPS) is 11.4. The summed E-state index contributed by atoms with van der Waals surface area (Å²) < 4.78 is 79.3. The first-order chi connectivity index (χ1) is 29.8. The molecule has 4 aromatic carbocycles. The molecule has 10 nitrogen and oxygen atoms in total. The first-order valence-electron chi connectivity index (χ1n) is 22.9. The Morgan fingerprint density at radius 1 is 0.492 bits per heavy atom. The molecule has 4 rings (SSSR count). The molecule has 0 aromatic heterocycles. The van der Waals surface area contributed by atoms with E-state index in [1.165, 1.54) is 139 Å². The molecule has 0 amide bonds. The fourth-order valence-electron chi connectivity index (χ4n) is 7.42. The predicted molar refractivity (Wildman–Crippen MR) is 251 cm³/mol. The van der Waals surface area contributed by atoms with Gasteiger partial charge in [-0.3, -0.25) is 4.55 Å². The Hall–Kier alpha value is -2.84. The van der Waals surface area contributed by atoms with Gasteiger partial charge >= 0.3 is 37.7 Å². The molecule has 63 heavy (non-hydrogen) atoms. The number of benzene rings is 4. The van der Waals surface area contributed by atoms with Crippen molar-refractivity contribution in [2.75, 3.05) is 0 Å². The van der Waals surface area contributed by atoms with Gasteiger partial charge in [0.1, 0.15) is 27.4 Å². The van der Waals surface area contributed by atoms with Crippen molar-refractivity contribution < 1.29 is 45.6 Å². The van der Waals surface area contributed by atoms with Gasteiger partial charge in [-0.15, -0.1) is 0 Å². The molecule has 0 bridgehead atoms. The van der Waals surface area contributed by atoms with Crippen LogP contribution in [0, 0.1) is 0 Å². The molecule has 0 aliphatic heterocycles. The topological polar surface area (TPSA) is 173 Å². The average Bonchev–Trinajstić information content (AvgIpc) is 3.23. The van der Waals surface area contributed by atoms with Gasteiger partial charge in [0.15, 0.2) is 11.5 Å². The maximum atomic E-state index is 11.8. The van der Waals surface area contributed by atoms with E-state index in [2.05, 4.69) is 13.8 Å². The van der Waals surface area contributed by atoms with E-state index in [9.17, 15) is 36.2 Å². The fourth-order valence-corrected chi connectivity index (χ4v) is 8.87. The number of unbranched alkanes of at least 4 members (excludes halogenated alkanes) is 20. The molecule has 0 saturated heterocycles. The van der Waals surface area contributed by atoms with Crippen LogP contribution in [0.3, 0.4) is 0 Å². The zero-order valence-electron chi connectivity index (χ0n) is 37.7. The second kappa shape index (κ2) is 31.9. The molecule has 0 radical (unpaired) electrons. The van der Waals surface area contributed by atoms with E-state index < -0.39 is 20.2 Å². The maximum Gasteiger partial charge on any atom is 2.00 e. The molecule has 0 heterocycles. The summed E-state index contributed by atoms with van der Waals surface area (Å²) in [5.41, 5.74) is 0.984. The van der Waals surface area contributed by atoms with E-state index in [0.29, 0.717) is 41.2 Å². The Morgan fingerprint density at radius 2 is 0.857 bits per heavy atom. The third kappa shape index (κ3) is 23.3. The summed E-state index contributed by atoms with van der Waals surface area (Å²) in [6.45, 7) is 4.46. The Labute approximate surface area is 408 Å². The van der Waals surface area contributed by atoms with Crippen LogP contribution in [0.25, 0.3) is 0 Å². The molecule has 13 heteroatoms. The van der Waals surface area contributed by atoms with E-state index in [1.54, 1.807) is 48.5 Å². The van der Waals surface area contributed by atoms with Gasteiger partial charge in [-0.2, -0.15) is 8.42 Å². The fraction of sp³-hybridized carbons (Fsp3) is 0.520. The second-order valence-electron chi connectivity index (χ2n) is 16.2. The molecule has 0 unspecified atom stereocenters. The third-order valence-electron chi connectivity index (χ3n) is 10.9. The first kappa shape index (κ1) is 56.3. The van der Waals surface area contributed by atoms with Crippen LogP contribution in [0.4, 0.5) is 0 Å². The minimum atomic E-state index is -4.56. The maximum absolute atomic E-state index is 11.8. The van der Waals surface area contributed by atoms with Crippen LogP contribution in [0.1, 0.15) is 166 Å². The van der Waals surface area contributed by atoms with Gasteiger partial charge in [-0.1, -0.05) is 178 Å². The molecule has 2 N–H and O–H groups in total. The number of phenolic OH excluding ortho intramolecular Hbond substituents is 1. The third-order valence-corrected chi connectivity index (χ3v) is 12.8. The second-order valence-corrected chi connectivity index (χ2v) is 18.9. The van der Waals surface area contributed by atoms with Gasteiger partial charge in [-0.05, 0) is 91.4 Å². The number of aryl methyl sites for hydroxylation is 2. The first-order valence-corrected chi connectivity index (χ1v) is 25.8. The Morgan fingerprint density at radius 3 is 1.27 bits per heavy atom. The van der Waals surface area contributed by atoms with Gasteiger partial charge in [0, 0.05) is 0 Å². The summed E-state index contributed by atoms with van der Waals surface area (Å²) >= 11 is 0. The van der Waals surface area contributed by atoms with E-state index in [4.69, 9.17) is 9.47 Å². The number of hydrogen-bond acceptors (Lipinski definition) is 9. The van der Waals surface area contributed by atoms with Crippen molar-refractivity contribution >= 4 is 58.0 Å². The van der Waals surface area contributed by atoms with Crippen molar-refractivity contribution in [3.8, 4) is 34.5 Å². The van der Waals surface area contributed by atoms with Gasteiger partial charge < -0.3 is 24.2 Å². The number of hydrogen-bond donors (Lipinski definition) is 2. The van der Waals surface area contributed by atoms with Crippen LogP contribution in [-0.4, -0.2) is 68.8 Å². The minimum absolute atomic E-state index is 0. The molecule has 0 spiro atoms. The molecule has 344 valence electrons. The summed E-state index contributed by atoms with van der Waals surface area (Å²) in [6.07, 6.45) is 27.6. The minimum Gasteiger partial charge on any atom is -0.870 e. The molecule has 0 saturated carbocycles. The van der Waals surface area contributed by atoms with Gasteiger partial charge in [-0.25, -0.2) is 8.42 Å². The largest absolute Gasteiger partial charge is 2.00 e. The Kier molecular flexibility index (Phi) is 28.5. The Bertz CT molecular complexity index is 1940. The van der Waals surface area contributed by atoms with Gasteiger partial charge in [0.05, 0.1) is 9.79 Å². The molecular weight excluding hydrogens is 865 g/mol. The summed E-state index contributed by atoms with van der Waals surface area (Å²) in [5, 5.41) is 21.7. The van der Waals surface area contributed by atoms with Crippen molar-refractivity contribution in [2.45, 2.75) is 178 Å². The number of aromatic hydroxyl groups is 1.